The minimum absolute atomic E-state index is 0.180. The molecule has 0 aliphatic carbocycles. The lowest BCUT2D eigenvalue weighted by Crippen LogP contribution is -2.14. The molecule has 122 valence electrons. The summed E-state index contributed by atoms with van der Waals surface area (Å²) >= 11 is 0. The van der Waals surface area contributed by atoms with Gasteiger partial charge in [0.05, 0.1) is 11.4 Å². The molecule has 0 bridgehead atoms. The third-order valence-electron chi connectivity index (χ3n) is 3.69. The summed E-state index contributed by atoms with van der Waals surface area (Å²) in [5, 5.41) is 6.69. The highest BCUT2D eigenvalue weighted by atomic mass is 16.5. The summed E-state index contributed by atoms with van der Waals surface area (Å²) < 4.78 is 5.12. The van der Waals surface area contributed by atoms with Gasteiger partial charge in [0.25, 0.3) is 11.8 Å². The molecule has 6 nitrogen and oxygen atoms in total. The standard InChI is InChI=1S/C18H18N4O2/c1-10-9-11(2)19-12(3)16(10)21-17(23)14-5-7-15(8-6-14)18-20-13(4)22-24-18/h5-9H,1-4H3,(H,21,23). The number of carbonyl (C=O) groups is 1. The van der Waals surface area contributed by atoms with E-state index in [1.807, 2.05) is 26.8 Å². The number of hydrogen-bond donors (Lipinski definition) is 1. The van der Waals surface area contributed by atoms with Crippen molar-refractivity contribution in [2.24, 2.45) is 0 Å². The summed E-state index contributed by atoms with van der Waals surface area (Å²) in [7, 11) is 0. The van der Waals surface area contributed by atoms with Crippen molar-refractivity contribution < 1.29 is 9.32 Å². The van der Waals surface area contributed by atoms with Crippen LogP contribution in [0.15, 0.2) is 34.9 Å². The van der Waals surface area contributed by atoms with E-state index in [0.29, 0.717) is 17.3 Å². The first-order valence-corrected chi connectivity index (χ1v) is 7.61. The van der Waals surface area contributed by atoms with Crippen LogP contribution in [0, 0.1) is 27.7 Å². The third-order valence-corrected chi connectivity index (χ3v) is 3.69. The number of aromatic nitrogens is 3. The van der Waals surface area contributed by atoms with Crippen LogP contribution in [0.1, 0.15) is 33.1 Å². The van der Waals surface area contributed by atoms with E-state index in [1.54, 1.807) is 31.2 Å². The molecule has 24 heavy (non-hydrogen) atoms. The topological polar surface area (TPSA) is 80.9 Å². The minimum Gasteiger partial charge on any atom is -0.334 e. The molecule has 0 aliphatic heterocycles. The molecule has 2 aromatic heterocycles. The first-order valence-electron chi connectivity index (χ1n) is 7.61. The Kier molecular flexibility index (Phi) is 4.12. The van der Waals surface area contributed by atoms with E-state index in [0.717, 1.165) is 28.2 Å². The Morgan fingerprint density at radius 3 is 2.33 bits per heavy atom. The largest absolute Gasteiger partial charge is 0.334 e. The van der Waals surface area contributed by atoms with Crippen LogP contribution in [-0.4, -0.2) is 21.0 Å². The Morgan fingerprint density at radius 1 is 1.04 bits per heavy atom. The predicted molar refractivity (Wildman–Crippen MR) is 90.9 cm³/mol. The van der Waals surface area contributed by atoms with Crippen molar-refractivity contribution in [3.63, 3.8) is 0 Å². The number of hydrogen-bond acceptors (Lipinski definition) is 5. The lowest BCUT2D eigenvalue weighted by molar-refractivity contribution is 0.102. The maximum atomic E-state index is 12.5. The van der Waals surface area contributed by atoms with Crippen LogP contribution in [0.4, 0.5) is 5.69 Å². The van der Waals surface area contributed by atoms with Crippen molar-refractivity contribution in [3.05, 3.63) is 58.7 Å². The van der Waals surface area contributed by atoms with Crippen LogP contribution < -0.4 is 5.32 Å². The highest BCUT2D eigenvalue weighted by molar-refractivity contribution is 6.05. The van der Waals surface area contributed by atoms with Crippen molar-refractivity contribution in [2.45, 2.75) is 27.7 Å². The van der Waals surface area contributed by atoms with E-state index in [2.05, 4.69) is 20.4 Å². The molecule has 0 atom stereocenters. The highest BCUT2D eigenvalue weighted by Gasteiger charge is 2.12. The van der Waals surface area contributed by atoms with Gasteiger partial charge in [0.1, 0.15) is 0 Å². The van der Waals surface area contributed by atoms with Gasteiger partial charge in [-0.15, -0.1) is 0 Å². The zero-order valence-electron chi connectivity index (χ0n) is 14.0. The lowest BCUT2D eigenvalue weighted by atomic mass is 10.1. The number of carbonyl (C=O) groups excluding carboxylic acids is 1. The van der Waals surface area contributed by atoms with Crippen LogP contribution in [0.3, 0.4) is 0 Å². The Bertz CT molecular complexity index is 875. The number of amides is 1. The first-order chi connectivity index (χ1) is 11.4. The molecule has 2 heterocycles. The molecule has 0 saturated heterocycles. The summed E-state index contributed by atoms with van der Waals surface area (Å²) in [4.78, 5) is 21.0. The average molecular weight is 322 g/mol. The molecular formula is C18H18N4O2. The number of anilines is 1. The third kappa shape index (κ3) is 3.17. The number of aryl methyl sites for hydroxylation is 4. The van der Waals surface area contributed by atoms with Crippen LogP contribution in [0.5, 0.6) is 0 Å². The maximum Gasteiger partial charge on any atom is 0.257 e. The normalized spacial score (nSPS) is 10.7. The molecule has 3 aromatic rings. The van der Waals surface area contributed by atoms with E-state index >= 15 is 0 Å². The minimum atomic E-state index is -0.180. The van der Waals surface area contributed by atoms with Crippen molar-refractivity contribution in [1.82, 2.24) is 15.1 Å². The van der Waals surface area contributed by atoms with E-state index in [9.17, 15) is 4.79 Å². The van der Waals surface area contributed by atoms with Gasteiger partial charge < -0.3 is 9.84 Å². The van der Waals surface area contributed by atoms with Crippen molar-refractivity contribution in [2.75, 3.05) is 5.32 Å². The fraction of sp³-hybridized carbons (Fsp3) is 0.222. The van der Waals surface area contributed by atoms with E-state index in [-0.39, 0.29) is 5.91 Å². The summed E-state index contributed by atoms with van der Waals surface area (Å²) in [6, 6.07) is 8.99. The lowest BCUT2D eigenvalue weighted by Gasteiger charge is -2.12. The fourth-order valence-electron chi connectivity index (χ4n) is 2.58. The smallest absolute Gasteiger partial charge is 0.257 e. The summed E-state index contributed by atoms with van der Waals surface area (Å²) in [6.07, 6.45) is 0. The number of pyridine rings is 1. The van der Waals surface area contributed by atoms with Crippen LogP contribution in [0.25, 0.3) is 11.5 Å². The number of nitrogens with one attached hydrogen (secondary N) is 1. The van der Waals surface area contributed by atoms with Crippen molar-refractivity contribution >= 4 is 11.6 Å². The van der Waals surface area contributed by atoms with Gasteiger partial charge in [0.2, 0.25) is 0 Å². The monoisotopic (exact) mass is 322 g/mol. The second-order valence-electron chi connectivity index (χ2n) is 5.72. The Balaban J connectivity index is 1.81. The van der Waals surface area contributed by atoms with Gasteiger partial charge >= 0.3 is 0 Å². The Hall–Kier alpha value is -3.02. The molecule has 6 heteroatoms. The van der Waals surface area contributed by atoms with Gasteiger partial charge in [-0.1, -0.05) is 5.16 Å². The molecule has 0 aliphatic rings. The van der Waals surface area contributed by atoms with Gasteiger partial charge in [0.15, 0.2) is 5.82 Å². The van der Waals surface area contributed by atoms with Crippen LogP contribution >= 0.6 is 0 Å². The molecule has 0 spiro atoms. The molecule has 1 aromatic carbocycles. The van der Waals surface area contributed by atoms with E-state index in [4.69, 9.17) is 4.52 Å². The molecular weight excluding hydrogens is 304 g/mol. The van der Waals surface area contributed by atoms with Crippen molar-refractivity contribution in [3.8, 4) is 11.5 Å². The number of rotatable bonds is 3. The van der Waals surface area contributed by atoms with Gasteiger partial charge in [0, 0.05) is 16.8 Å². The molecule has 0 radical (unpaired) electrons. The Morgan fingerprint density at radius 2 is 1.75 bits per heavy atom. The van der Waals surface area contributed by atoms with Crippen LogP contribution in [-0.2, 0) is 0 Å². The van der Waals surface area contributed by atoms with Gasteiger partial charge in [-0.25, -0.2) is 0 Å². The molecule has 0 fully saturated rings. The van der Waals surface area contributed by atoms with Crippen LogP contribution in [0.2, 0.25) is 0 Å². The summed E-state index contributed by atoms with van der Waals surface area (Å²) in [5.74, 6) is 0.832. The fourth-order valence-corrected chi connectivity index (χ4v) is 2.58. The van der Waals surface area contributed by atoms with Gasteiger partial charge in [-0.05, 0) is 63.6 Å². The first kappa shape index (κ1) is 15.9. The van der Waals surface area contributed by atoms with Gasteiger partial charge in [-0.3, -0.25) is 9.78 Å². The van der Waals surface area contributed by atoms with Gasteiger partial charge in [-0.2, -0.15) is 4.98 Å². The maximum absolute atomic E-state index is 12.5. The number of nitrogens with zero attached hydrogens (tertiary/aromatic N) is 3. The molecule has 0 unspecified atom stereocenters. The molecule has 3 rings (SSSR count). The SMILES string of the molecule is Cc1cc(C)c(NC(=O)c2ccc(-c3nc(C)no3)cc2)c(C)n1. The molecule has 1 amide bonds. The Labute approximate surface area is 139 Å². The zero-order chi connectivity index (χ0) is 17.3. The predicted octanol–water partition coefficient (Wildman–Crippen LogP) is 3.62. The second kappa shape index (κ2) is 6.23. The number of benzene rings is 1. The van der Waals surface area contributed by atoms with E-state index < -0.39 is 0 Å². The molecule has 1 N–H and O–H groups in total. The quantitative estimate of drug-likeness (QED) is 0.796. The zero-order valence-corrected chi connectivity index (χ0v) is 14.0. The summed E-state index contributed by atoms with van der Waals surface area (Å²) in [6.45, 7) is 7.54. The highest BCUT2D eigenvalue weighted by Crippen LogP contribution is 2.21. The average Bonchev–Trinajstić information content (AvgIpc) is 2.97. The second-order valence-corrected chi connectivity index (χ2v) is 5.72. The van der Waals surface area contributed by atoms with Crippen molar-refractivity contribution in [1.29, 1.82) is 0 Å². The summed E-state index contributed by atoms with van der Waals surface area (Å²) in [5.41, 5.74) is 4.81. The van der Waals surface area contributed by atoms with E-state index in [1.165, 1.54) is 0 Å². The molecule has 0 saturated carbocycles.